The lowest BCUT2D eigenvalue weighted by atomic mass is 9.92. The number of hydrogen-bond donors (Lipinski definition) is 0. The van der Waals surface area contributed by atoms with Crippen molar-refractivity contribution in [1.82, 2.24) is 0 Å². The first kappa shape index (κ1) is 9.97. The number of benzene rings is 1. The molecule has 0 saturated carbocycles. The van der Waals surface area contributed by atoms with Crippen LogP contribution in [-0.4, -0.2) is 6.29 Å². The van der Waals surface area contributed by atoms with Gasteiger partial charge in [0.15, 0.2) is 0 Å². The van der Waals surface area contributed by atoms with Gasteiger partial charge in [-0.25, -0.2) is 0 Å². The minimum Gasteiger partial charge on any atom is -0.303 e. The summed E-state index contributed by atoms with van der Waals surface area (Å²) < 4.78 is 0. The van der Waals surface area contributed by atoms with Gasteiger partial charge in [0.2, 0.25) is 0 Å². The van der Waals surface area contributed by atoms with E-state index in [1.165, 1.54) is 16.7 Å². The summed E-state index contributed by atoms with van der Waals surface area (Å²) in [6.45, 7) is 6.17. The summed E-state index contributed by atoms with van der Waals surface area (Å²) in [5.41, 5.74) is 3.79. The quantitative estimate of drug-likeness (QED) is 0.647. The van der Waals surface area contributed by atoms with Gasteiger partial charge in [-0.15, -0.1) is 0 Å². The number of rotatable bonds is 3. The van der Waals surface area contributed by atoms with Crippen LogP contribution in [0.4, 0.5) is 0 Å². The molecule has 0 amide bonds. The number of aryl methyl sites for hydroxylation is 1. The van der Waals surface area contributed by atoms with E-state index in [0.29, 0.717) is 0 Å². The predicted molar refractivity (Wildman–Crippen MR) is 55.0 cm³/mol. The summed E-state index contributed by atoms with van der Waals surface area (Å²) in [5, 5.41) is 0. The van der Waals surface area contributed by atoms with E-state index in [2.05, 4.69) is 19.9 Å². The fraction of sp³-hybridized carbons (Fsp3) is 0.417. The second-order valence-electron chi connectivity index (χ2n) is 3.42. The van der Waals surface area contributed by atoms with Crippen LogP contribution in [0, 0.1) is 6.92 Å². The minimum atomic E-state index is 0.0230. The molecule has 0 spiro atoms. The molecular formula is C12H16O. The Morgan fingerprint density at radius 1 is 1.46 bits per heavy atom. The molecule has 0 bridgehead atoms. The molecule has 1 aromatic rings. The molecule has 1 aromatic carbocycles. The highest BCUT2D eigenvalue weighted by Crippen LogP contribution is 2.21. The maximum absolute atomic E-state index is 10.7. The fourth-order valence-electron chi connectivity index (χ4n) is 1.71. The Morgan fingerprint density at radius 3 is 2.69 bits per heavy atom. The van der Waals surface area contributed by atoms with E-state index >= 15 is 0 Å². The standard InChI is InChI=1S/C12H16O/c1-4-11-9(2)6-5-7-12(11)10(3)8-13/h5-8,10H,4H2,1-3H3. The van der Waals surface area contributed by atoms with Crippen molar-refractivity contribution >= 4 is 6.29 Å². The van der Waals surface area contributed by atoms with E-state index < -0.39 is 0 Å². The Balaban J connectivity index is 3.19. The highest BCUT2D eigenvalue weighted by molar-refractivity contribution is 5.63. The topological polar surface area (TPSA) is 17.1 Å². The van der Waals surface area contributed by atoms with Gasteiger partial charge < -0.3 is 4.79 Å². The van der Waals surface area contributed by atoms with Gasteiger partial charge in [-0.05, 0) is 30.0 Å². The van der Waals surface area contributed by atoms with Gasteiger partial charge in [-0.2, -0.15) is 0 Å². The largest absolute Gasteiger partial charge is 0.303 e. The lowest BCUT2D eigenvalue weighted by Crippen LogP contribution is -2.01. The lowest BCUT2D eigenvalue weighted by molar-refractivity contribution is -0.108. The van der Waals surface area contributed by atoms with Crippen LogP contribution in [0.15, 0.2) is 18.2 Å². The third-order valence-electron chi connectivity index (χ3n) is 2.49. The number of hydrogen-bond acceptors (Lipinski definition) is 1. The van der Waals surface area contributed by atoms with Crippen molar-refractivity contribution in [3.05, 3.63) is 34.9 Å². The van der Waals surface area contributed by atoms with Crippen molar-refractivity contribution in [2.45, 2.75) is 33.1 Å². The predicted octanol–water partition coefficient (Wildman–Crippen LogP) is 2.86. The number of carbonyl (C=O) groups excluding carboxylic acids is 1. The van der Waals surface area contributed by atoms with Crippen LogP contribution < -0.4 is 0 Å². The first-order valence-electron chi connectivity index (χ1n) is 4.74. The van der Waals surface area contributed by atoms with E-state index in [9.17, 15) is 4.79 Å². The molecule has 1 rings (SSSR count). The minimum absolute atomic E-state index is 0.0230. The van der Waals surface area contributed by atoms with Crippen LogP contribution in [0.2, 0.25) is 0 Å². The van der Waals surface area contributed by atoms with E-state index in [-0.39, 0.29) is 5.92 Å². The second-order valence-corrected chi connectivity index (χ2v) is 3.42. The van der Waals surface area contributed by atoms with Gasteiger partial charge in [0.05, 0.1) is 0 Å². The Labute approximate surface area is 79.8 Å². The molecule has 1 unspecified atom stereocenters. The summed E-state index contributed by atoms with van der Waals surface area (Å²) in [6.07, 6.45) is 2.01. The third-order valence-corrected chi connectivity index (χ3v) is 2.49. The van der Waals surface area contributed by atoms with E-state index in [1.54, 1.807) is 0 Å². The molecule has 13 heavy (non-hydrogen) atoms. The zero-order chi connectivity index (χ0) is 9.84. The van der Waals surface area contributed by atoms with Crippen molar-refractivity contribution in [1.29, 1.82) is 0 Å². The second kappa shape index (κ2) is 4.22. The van der Waals surface area contributed by atoms with Gasteiger partial charge in [0, 0.05) is 5.92 Å². The van der Waals surface area contributed by atoms with E-state index in [0.717, 1.165) is 12.7 Å². The van der Waals surface area contributed by atoms with Crippen LogP contribution in [0.1, 0.15) is 36.5 Å². The molecule has 0 saturated heterocycles. The lowest BCUT2D eigenvalue weighted by Gasteiger charge is -2.12. The monoisotopic (exact) mass is 176 g/mol. The first-order valence-corrected chi connectivity index (χ1v) is 4.74. The summed E-state index contributed by atoms with van der Waals surface area (Å²) in [5.74, 6) is 0.0230. The number of carbonyl (C=O) groups is 1. The average molecular weight is 176 g/mol. The molecule has 0 heterocycles. The highest BCUT2D eigenvalue weighted by atomic mass is 16.1. The average Bonchev–Trinajstić information content (AvgIpc) is 2.16. The third kappa shape index (κ3) is 1.97. The summed E-state index contributed by atoms with van der Waals surface area (Å²) in [4.78, 5) is 10.7. The molecule has 0 aromatic heterocycles. The molecular weight excluding hydrogens is 160 g/mol. The maximum Gasteiger partial charge on any atom is 0.127 e. The molecule has 0 fully saturated rings. The van der Waals surface area contributed by atoms with E-state index in [4.69, 9.17) is 0 Å². The Kier molecular flexibility index (Phi) is 3.24. The molecule has 70 valence electrons. The fourth-order valence-corrected chi connectivity index (χ4v) is 1.71. The van der Waals surface area contributed by atoms with Crippen molar-refractivity contribution in [3.63, 3.8) is 0 Å². The van der Waals surface area contributed by atoms with Gasteiger partial charge in [0.1, 0.15) is 6.29 Å². The first-order chi connectivity index (χ1) is 6.20. The molecule has 1 heteroatoms. The van der Waals surface area contributed by atoms with Crippen molar-refractivity contribution in [2.75, 3.05) is 0 Å². The Hall–Kier alpha value is -1.11. The highest BCUT2D eigenvalue weighted by Gasteiger charge is 2.09. The van der Waals surface area contributed by atoms with Crippen LogP contribution >= 0.6 is 0 Å². The smallest absolute Gasteiger partial charge is 0.127 e. The Morgan fingerprint density at radius 2 is 2.15 bits per heavy atom. The molecule has 0 aliphatic heterocycles. The molecule has 0 radical (unpaired) electrons. The summed E-state index contributed by atoms with van der Waals surface area (Å²) in [7, 11) is 0. The van der Waals surface area contributed by atoms with Gasteiger partial charge >= 0.3 is 0 Å². The van der Waals surface area contributed by atoms with Crippen molar-refractivity contribution in [3.8, 4) is 0 Å². The van der Waals surface area contributed by atoms with Crippen LogP contribution in [-0.2, 0) is 11.2 Å². The van der Waals surface area contributed by atoms with Gasteiger partial charge in [0.25, 0.3) is 0 Å². The van der Waals surface area contributed by atoms with Gasteiger partial charge in [-0.3, -0.25) is 0 Å². The molecule has 0 aliphatic rings. The zero-order valence-corrected chi connectivity index (χ0v) is 8.50. The van der Waals surface area contributed by atoms with Crippen molar-refractivity contribution in [2.24, 2.45) is 0 Å². The van der Waals surface area contributed by atoms with Crippen LogP contribution in [0.25, 0.3) is 0 Å². The maximum atomic E-state index is 10.7. The summed E-state index contributed by atoms with van der Waals surface area (Å²) in [6, 6.07) is 6.16. The Bertz CT molecular complexity index is 302. The van der Waals surface area contributed by atoms with Crippen LogP contribution in [0.5, 0.6) is 0 Å². The molecule has 1 atom stereocenters. The normalized spacial score (nSPS) is 12.5. The molecule has 0 N–H and O–H groups in total. The SMILES string of the molecule is CCc1c(C)cccc1C(C)C=O. The van der Waals surface area contributed by atoms with Crippen molar-refractivity contribution < 1.29 is 4.79 Å². The summed E-state index contributed by atoms with van der Waals surface area (Å²) >= 11 is 0. The van der Waals surface area contributed by atoms with E-state index in [1.807, 2.05) is 19.1 Å². The molecule has 1 nitrogen and oxygen atoms in total. The zero-order valence-electron chi connectivity index (χ0n) is 8.50. The van der Waals surface area contributed by atoms with Gasteiger partial charge in [-0.1, -0.05) is 32.0 Å². The van der Waals surface area contributed by atoms with Crippen LogP contribution in [0.3, 0.4) is 0 Å². The molecule has 0 aliphatic carbocycles. The number of aldehydes is 1.